The Balaban J connectivity index is 1.71. The van der Waals surface area contributed by atoms with Gasteiger partial charge in [-0.3, -0.25) is 9.20 Å². The molecule has 11 heteroatoms. The highest BCUT2D eigenvalue weighted by molar-refractivity contribution is 5.94. The molecule has 0 atom stereocenters. The lowest BCUT2D eigenvalue weighted by Crippen LogP contribution is -2.24. The van der Waals surface area contributed by atoms with Gasteiger partial charge in [0, 0.05) is 11.8 Å². The number of nitrogens with zero attached hydrogens (tertiary/aromatic N) is 3. The minimum absolute atomic E-state index is 0.0992. The lowest BCUT2D eigenvalue weighted by Gasteiger charge is -2.08. The first-order valence-electron chi connectivity index (χ1n) is 7.48. The molecule has 0 aliphatic carbocycles. The summed E-state index contributed by atoms with van der Waals surface area (Å²) in [5.74, 6) is -0.575. The number of fused-ring (bicyclic) bond motifs is 1. The van der Waals surface area contributed by atoms with Crippen LogP contribution in [0.2, 0.25) is 0 Å². The average Bonchev–Trinajstić information content (AvgIpc) is 3.01. The summed E-state index contributed by atoms with van der Waals surface area (Å²) in [6.45, 7) is -3.16. The molecular weight excluding hydrogens is 375 g/mol. The number of benzene rings is 1. The van der Waals surface area contributed by atoms with Crippen LogP contribution in [0.3, 0.4) is 0 Å². The summed E-state index contributed by atoms with van der Waals surface area (Å²) in [4.78, 5) is 12.1. The van der Waals surface area contributed by atoms with Crippen molar-refractivity contribution >= 4 is 11.6 Å². The van der Waals surface area contributed by atoms with Crippen molar-refractivity contribution in [1.82, 2.24) is 19.9 Å². The van der Waals surface area contributed by atoms with E-state index in [4.69, 9.17) is 0 Å². The SMILES string of the molecule is O=C(NCc1nnc2ccc(C(F)(F)F)cn12)c1ccc(OC(F)F)cc1. The van der Waals surface area contributed by atoms with Gasteiger partial charge in [-0.1, -0.05) is 0 Å². The normalized spacial score (nSPS) is 11.8. The molecule has 0 unspecified atom stereocenters. The van der Waals surface area contributed by atoms with Crippen molar-refractivity contribution in [1.29, 1.82) is 0 Å². The van der Waals surface area contributed by atoms with Crippen LogP contribution in [0.15, 0.2) is 42.6 Å². The van der Waals surface area contributed by atoms with Gasteiger partial charge in [-0.25, -0.2) is 0 Å². The molecule has 1 aromatic carbocycles. The maximum atomic E-state index is 12.8. The molecule has 0 fully saturated rings. The molecule has 27 heavy (non-hydrogen) atoms. The number of halogens is 5. The van der Waals surface area contributed by atoms with E-state index < -0.39 is 24.3 Å². The first-order chi connectivity index (χ1) is 12.7. The van der Waals surface area contributed by atoms with Crippen LogP contribution >= 0.6 is 0 Å². The van der Waals surface area contributed by atoms with E-state index in [-0.39, 0.29) is 29.3 Å². The summed E-state index contributed by atoms with van der Waals surface area (Å²) >= 11 is 0. The number of alkyl halides is 5. The number of hydrogen-bond acceptors (Lipinski definition) is 4. The third-order valence-corrected chi connectivity index (χ3v) is 3.55. The van der Waals surface area contributed by atoms with Gasteiger partial charge in [-0.2, -0.15) is 22.0 Å². The third kappa shape index (κ3) is 4.30. The lowest BCUT2D eigenvalue weighted by atomic mass is 10.2. The van der Waals surface area contributed by atoms with Crippen LogP contribution in [0.4, 0.5) is 22.0 Å². The topological polar surface area (TPSA) is 68.5 Å². The van der Waals surface area contributed by atoms with Gasteiger partial charge in [0.2, 0.25) is 0 Å². The summed E-state index contributed by atoms with van der Waals surface area (Å²) in [5, 5.41) is 9.98. The van der Waals surface area contributed by atoms with Gasteiger partial charge in [-0.05, 0) is 36.4 Å². The standard InChI is InChI=1S/C16H11F5N4O2/c17-15(18)27-11-4-1-9(2-5-11)14(26)22-7-13-24-23-12-6-3-10(8-25(12)13)16(19,20)21/h1-6,8,15H,7H2,(H,22,26). The van der Waals surface area contributed by atoms with Crippen molar-refractivity contribution in [3.63, 3.8) is 0 Å². The molecule has 0 aliphatic heterocycles. The van der Waals surface area contributed by atoms with E-state index >= 15 is 0 Å². The quantitative estimate of drug-likeness (QED) is 0.684. The Kier molecular flexibility index (Phi) is 4.93. The van der Waals surface area contributed by atoms with Gasteiger partial charge in [0.1, 0.15) is 5.75 Å². The minimum Gasteiger partial charge on any atom is -0.435 e. The zero-order valence-electron chi connectivity index (χ0n) is 13.4. The molecular formula is C16H11F5N4O2. The maximum absolute atomic E-state index is 12.8. The molecule has 6 nitrogen and oxygen atoms in total. The molecule has 1 amide bonds. The smallest absolute Gasteiger partial charge is 0.417 e. The second-order valence-corrected chi connectivity index (χ2v) is 5.35. The summed E-state index contributed by atoms with van der Waals surface area (Å²) in [5.41, 5.74) is -0.529. The summed E-state index contributed by atoms with van der Waals surface area (Å²) < 4.78 is 68.0. The highest BCUT2D eigenvalue weighted by Gasteiger charge is 2.31. The van der Waals surface area contributed by atoms with Crippen molar-refractivity contribution in [2.45, 2.75) is 19.3 Å². The number of aromatic nitrogens is 3. The number of amides is 1. The van der Waals surface area contributed by atoms with Crippen LogP contribution < -0.4 is 10.1 Å². The Bertz CT molecular complexity index is 954. The first kappa shape index (κ1) is 18.5. The molecule has 1 N–H and O–H groups in total. The number of carbonyl (C=O) groups excluding carboxylic acids is 1. The second kappa shape index (κ2) is 7.17. The highest BCUT2D eigenvalue weighted by Crippen LogP contribution is 2.29. The van der Waals surface area contributed by atoms with Crippen molar-refractivity contribution < 1.29 is 31.5 Å². The zero-order valence-corrected chi connectivity index (χ0v) is 13.4. The number of rotatable bonds is 5. The molecule has 0 radical (unpaired) electrons. The maximum Gasteiger partial charge on any atom is 0.417 e. The van der Waals surface area contributed by atoms with E-state index in [1.165, 1.54) is 30.3 Å². The van der Waals surface area contributed by atoms with Crippen molar-refractivity contribution in [2.75, 3.05) is 0 Å². The van der Waals surface area contributed by atoms with Crippen molar-refractivity contribution in [3.05, 3.63) is 59.5 Å². The summed E-state index contributed by atoms with van der Waals surface area (Å²) in [6, 6.07) is 7.00. The van der Waals surface area contributed by atoms with Crippen LogP contribution in [0.25, 0.3) is 5.65 Å². The number of nitrogens with one attached hydrogen (secondary N) is 1. The largest absolute Gasteiger partial charge is 0.435 e. The van der Waals surface area contributed by atoms with Crippen molar-refractivity contribution in [3.8, 4) is 5.75 Å². The van der Waals surface area contributed by atoms with Crippen LogP contribution in [-0.2, 0) is 12.7 Å². The molecule has 3 aromatic rings. The van der Waals surface area contributed by atoms with E-state index in [9.17, 15) is 26.7 Å². The van der Waals surface area contributed by atoms with Gasteiger partial charge >= 0.3 is 12.8 Å². The number of carbonyl (C=O) groups is 1. The van der Waals surface area contributed by atoms with E-state index in [1.54, 1.807) is 0 Å². The van der Waals surface area contributed by atoms with Gasteiger partial charge in [0.25, 0.3) is 5.91 Å². The monoisotopic (exact) mass is 386 g/mol. The zero-order chi connectivity index (χ0) is 19.6. The Morgan fingerprint density at radius 3 is 2.44 bits per heavy atom. The second-order valence-electron chi connectivity index (χ2n) is 5.35. The van der Waals surface area contributed by atoms with Crippen LogP contribution in [0, 0.1) is 0 Å². The Labute approximate surface area is 148 Å². The number of hydrogen-bond donors (Lipinski definition) is 1. The van der Waals surface area contributed by atoms with Crippen LogP contribution in [0.1, 0.15) is 21.7 Å². The average molecular weight is 386 g/mol. The van der Waals surface area contributed by atoms with Crippen LogP contribution in [0.5, 0.6) is 5.75 Å². The Hall–Kier alpha value is -3.24. The van der Waals surface area contributed by atoms with E-state index in [0.29, 0.717) is 0 Å². The molecule has 142 valence electrons. The minimum atomic E-state index is -4.53. The number of ether oxygens (including phenoxy) is 1. The third-order valence-electron chi connectivity index (χ3n) is 3.55. The molecule has 3 rings (SSSR count). The summed E-state index contributed by atoms with van der Waals surface area (Å²) in [6.07, 6.45) is -3.69. The fourth-order valence-electron chi connectivity index (χ4n) is 2.28. The molecule has 2 aromatic heterocycles. The van der Waals surface area contributed by atoms with E-state index in [2.05, 4.69) is 20.3 Å². The fourth-order valence-corrected chi connectivity index (χ4v) is 2.28. The molecule has 2 heterocycles. The summed E-state index contributed by atoms with van der Waals surface area (Å²) in [7, 11) is 0. The predicted octanol–water partition coefficient (Wildman–Crippen LogP) is 3.28. The molecule has 0 aliphatic rings. The highest BCUT2D eigenvalue weighted by atomic mass is 19.4. The van der Waals surface area contributed by atoms with E-state index in [0.717, 1.165) is 16.7 Å². The Morgan fingerprint density at radius 2 is 1.81 bits per heavy atom. The molecule has 0 saturated carbocycles. The molecule has 0 saturated heterocycles. The predicted molar refractivity (Wildman–Crippen MR) is 82.2 cm³/mol. The van der Waals surface area contributed by atoms with Gasteiger partial charge in [-0.15, -0.1) is 10.2 Å². The van der Waals surface area contributed by atoms with Crippen molar-refractivity contribution in [2.24, 2.45) is 0 Å². The molecule has 0 bridgehead atoms. The molecule has 0 spiro atoms. The number of pyridine rings is 1. The van der Waals surface area contributed by atoms with Gasteiger partial charge in [0.05, 0.1) is 12.1 Å². The van der Waals surface area contributed by atoms with Gasteiger partial charge < -0.3 is 10.1 Å². The van der Waals surface area contributed by atoms with Crippen LogP contribution in [-0.4, -0.2) is 27.1 Å². The van der Waals surface area contributed by atoms with E-state index in [1.807, 2.05) is 0 Å². The fraction of sp³-hybridized carbons (Fsp3) is 0.188. The van der Waals surface area contributed by atoms with Gasteiger partial charge in [0.15, 0.2) is 11.5 Å². The lowest BCUT2D eigenvalue weighted by molar-refractivity contribution is -0.137. The Morgan fingerprint density at radius 1 is 1.11 bits per heavy atom. The first-order valence-corrected chi connectivity index (χ1v) is 7.48.